The number of hydrogen-bond donors (Lipinski definition) is 3. The fraction of sp³-hybridized carbons (Fsp3) is 0.458. The van der Waals surface area contributed by atoms with Gasteiger partial charge in [-0.15, -0.1) is 0 Å². The molecule has 1 fully saturated rings. The van der Waals surface area contributed by atoms with Crippen LogP contribution in [0.5, 0.6) is 0 Å². The molecule has 0 unspecified atom stereocenters. The molecule has 34 heavy (non-hydrogen) atoms. The highest BCUT2D eigenvalue weighted by molar-refractivity contribution is 6.01. The second kappa shape index (κ2) is 9.74. The molecule has 0 spiro atoms. The van der Waals surface area contributed by atoms with Gasteiger partial charge in [-0.05, 0) is 57.6 Å². The van der Waals surface area contributed by atoms with Crippen molar-refractivity contribution in [1.82, 2.24) is 25.7 Å². The summed E-state index contributed by atoms with van der Waals surface area (Å²) in [6.45, 7) is 7.43. The predicted molar refractivity (Wildman–Crippen MR) is 123 cm³/mol. The number of nitrogens with zero attached hydrogens (tertiary/aromatic N) is 3. The van der Waals surface area contributed by atoms with Crippen LogP contribution in [0.25, 0.3) is 11.1 Å². The van der Waals surface area contributed by atoms with Crippen LogP contribution in [0.4, 0.5) is 10.2 Å². The molecule has 1 saturated carbocycles. The van der Waals surface area contributed by atoms with Crippen LogP contribution in [-0.4, -0.2) is 38.2 Å². The van der Waals surface area contributed by atoms with Crippen molar-refractivity contribution in [2.75, 3.05) is 5.32 Å². The van der Waals surface area contributed by atoms with Crippen molar-refractivity contribution < 1.29 is 18.5 Å². The van der Waals surface area contributed by atoms with Gasteiger partial charge in [0.05, 0.1) is 11.4 Å². The number of rotatable bonds is 6. The van der Waals surface area contributed by atoms with E-state index in [-0.39, 0.29) is 17.3 Å². The van der Waals surface area contributed by atoms with Gasteiger partial charge in [0.25, 0.3) is 5.91 Å². The van der Waals surface area contributed by atoms with E-state index in [4.69, 9.17) is 4.52 Å². The molecule has 3 aromatic rings. The quantitative estimate of drug-likeness (QED) is 0.468. The van der Waals surface area contributed by atoms with Gasteiger partial charge < -0.3 is 15.2 Å². The Hall–Kier alpha value is -3.56. The van der Waals surface area contributed by atoms with Gasteiger partial charge >= 0.3 is 0 Å². The van der Waals surface area contributed by atoms with E-state index in [1.54, 1.807) is 32.9 Å². The third-order valence-electron chi connectivity index (χ3n) is 6.59. The molecular formula is C24H29FN6O3. The summed E-state index contributed by atoms with van der Waals surface area (Å²) < 4.78 is 19.7. The molecule has 1 aliphatic carbocycles. The van der Waals surface area contributed by atoms with Crippen molar-refractivity contribution in [3.8, 4) is 11.1 Å². The topological polar surface area (TPSA) is 126 Å². The lowest BCUT2D eigenvalue weighted by Gasteiger charge is -2.32. The monoisotopic (exact) mass is 468 g/mol. The zero-order valence-corrected chi connectivity index (χ0v) is 19.7. The van der Waals surface area contributed by atoms with E-state index in [0.717, 1.165) is 31.4 Å². The first-order chi connectivity index (χ1) is 16.2. The molecule has 4 rings (SSSR count). The summed E-state index contributed by atoms with van der Waals surface area (Å²) in [5, 5.41) is 16.2. The highest BCUT2D eigenvalue weighted by Crippen LogP contribution is 2.32. The molecule has 10 heteroatoms. The van der Waals surface area contributed by atoms with Gasteiger partial charge in [-0.1, -0.05) is 24.9 Å². The van der Waals surface area contributed by atoms with Gasteiger partial charge in [0.15, 0.2) is 0 Å². The molecular weight excluding hydrogens is 439 g/mol. The van der Waals surface area contributed by atoms with Gasteiger partial charge in [-0.25, -0.2) is 4.98 Å². The Bertz CT molecular complexity index is 1180. The summed E-state index contributed by atoms with van der Waals surface area (Å²) >= 11 is 0. The molecule has 1 aliphatic rings. The van der Waals surface area contributed by atoms with Crippen LogP contribution >= 0.6 is 0 Å². The summed E-state index contributed by atoms with van der Waals surface area (Å²) in [7, 11) is 0. The Labute approximate surface area is 196 Å². The summed E-state index contributed by atoms with van der Waals surface area (Å²) in [5.41, 5.74) is 3.06. The number of anilines is 1. The number of aromatic nitrogens is 4. The van der Waals surface area contributed by atoms with Crippen molar-refractivity contribution in [3.05, 3.63) is 47.0 Å². The highest BCUT2D eigenvalue weighted by atomic mass is 19.1. The molecule has 180 valence electrons. The summed E-state index contributed by atoms with van der Waals surface area (Å²) in [4.78, 5) is 30.0. The van der Waals surface area contributed by atoms with Crippen molar-refractivity contribution in [3.63, 3.8) is 0 Å². The number of halogens is 1. The van der Waals surface area contributed by atoms with Crippen molar-refractivity contribution >= 4 is 17.6 Å². The number of H-pyrrole nitrogens is 1. The van der Waals surface area contributed by atoms with Gasteiger partial charge in [-0.2, -0.15) is 9.49 Å². The number of carbonyl (C=O) groups is 2. The number of hydrogen-bond acceptors (Lipinski definition) is 6. The van der Waals surface area contributed by atoms with Crippen molar-refractivity contribution in [1.29, 1.82) is 0 Å². The molecule has 3 N–H and O–H groups in total. The van der Waals surface area contributed by atoms with E-state index in [9.17, 15) is 14.0 Å². The molecule has 0 saturated heterocycles. The Morgan fingerprint density at radius 2 is 1.88 bits per heavy atom. The van der Waals surface area contributed by atoms with Gasteiger partial charge in [0.1, 0.15) is 23.7 Å². The second-order valence-corrected chi connectivity index (χ2v) is 9.12. The Morgan fingerprint density at radius 1 is 1.15 bits per heavy atom. The fourth-order valence-electron chi connectivity index (χ4n) is 4.59. The highest BCUT2D eigenvalue weighted by Gasteiger charge is 2.33. The second-order valence-electron chi connectivity index (χ2n) is 9.12. The molecule has 1 atom stereocenters. The third-order valence-corrected chi connectivity index (χ3v) is 6.59. The minimum Gasteiger partial charge on any atom is -0.364 e. The number of amides is 2. The van der Waals surface area contributed by atoms with E-state index < -0.39 is 23.8 Å². The first-order valence-electron chi connectivity index (χ1n) is 11.5. The molecule has 3 heterocycles. The average molecular weight is 469 g/mol. The predicted octanol–water partition coefficient (Wildman–Crippen LogP) is 4.09. The Balaban J connectivity index is 1.54. The van der Waals surface area contributed by atoms with Gasteiger partial charge in [0, 0.05) is 16.8 Å². The molecule has 3 aromatic heterocycles. The maximum Gasteiger partial charge on any atom is 0.257 e. The van der Waals surface area contributed by atoms with Crippen LogP contribution in [0.3, 0.4) is 0 Å². The van der Waals surface area contributed by atoms with Crippen LogP contribution < -0.4 is 10.6 Å². The first-order valence-corrected chi connectivity index (χ1v) is 11.5. The van der Waals surface area contributed by atoms with Crippen molar-refractivity contribution in [2.24, 2.45) is 11.8 Å². The molecule has 9 nitrogen and oxygen atoms in total. The van der Waals surface area contributed by atoms with E-state index in [2.05, 4.69) is 37.9 Å². The maximum absolute atomic E-state index is 14.9. The van der Waals surface area contributed by atoms with E-state index in [0.29, 0.717) is 28.4 Å². The average Bonchev–Trinajstić information content (AvgIpc) is 3.38. The Kier molecular flexibility index (Phi) is 6.76. The van der Waals surface area contributed by atoms with E-state index in [1.165, 1.54) is 6.26 Å². The van der Waals surface area contributed by atoms with Crippen LogP contribution in [0, 0.1) is 38.6 Å². The lowest BCUT2D eigenvalue weighted by atomic mass is 9.79. The van der Waals surface area contributed by atoms with E-state index >= 15 is 0 Å². The Morgan fingerprint density at radius 3 is 2.47 bits per heavy atom. The molecule has 0 bridgehead atoms. The SMILES string of the molecule is Cc1nocc1C(=O)N[C@H](C(=O)Nc1ccc(-c2c(C)n[nH]c2C)c(F)n1)C1CCC(C)CC1. The standard InChI is InChI=1S/C24H29FN6O3/c1-12-5-7-16(8-6-12)21(28-23(32)18-11-34-31-13(18)2)24(33)27-19-10-9-17(22(25)26-19)20-14(3)29-30-15(20)4/h9-12,16,21H,5-8H2,1-4H3,(H,28,32)(H,29,30)(H,26,27,33)/t12?,16?,21-/m0/s1. The third kappa shape index (κ3) is 4.85. The maximum atomic E-state index is 14.9. The van der Waals surface area contributed by atoms with Crippen LogP contribution in [0.15, 0.2) is 22.9 Å². The van der Waals surface area contributed by atoms with Crippen LogP contribution in [0.1, 0.15) is 60.0 Å². The van der Waals surface area contributed by atoms with Crippen LogP contribution in [0.2, 0.25) is 0 Å². The minimum absolute atomic E-state index is 0.0411. The van der Waals surface area contributed by atoms with Gasteiger partial charge in [-0.3, -0.25) is 14.7 Å². The smallest absolute Gasteiger partial charge is 0.257 e. The summed E-state index contributed by atoms with van der Waals surface area (Å²) in [6, 6.07) is 2.32. The molecule has 2 amide bonds. The zero-order valence-electron chi connectivity index (χ0n) is 19.7. The van der Waals surface area contributed by atoms with Crippen LogP contribution in [-0.2, 0) is 4.79 Å². The number of pyridine rings is 1. The lowest BCUT2D eigenvalue weighted by molar-refractivity contribution is -0.119. The minimum atomic E-state index is -0.794. The molecule has 0 aliphatic heterocycles. The molecule has 0 aromatic carbocycles. The summed E-state index contributed by atoms with van der Waals surface area (Å²) in [6.07, 6.45) is 4.82. The first kappa shape index (κ1) is 23.6. The number of aromatic amines is 1. The normalized spacial score (nSPS) is 19.0. The number of nitrogens with one attached hydrogen (secondary N) is 3. The van der Waals surface area contributed by atoms with Gasteiger partial charge in [0.2, 0.25) is 11.9 Å². The van der Waals surface area contributed by atoms with E-state index in [1.807, 2.05) is 0 Å². The number of aryl methyl sites for hydroxylation is 3. The largest absolute Gasteiger partial charge is 0.364 e. The molecule has 0 radical (unpaired) electrons. The lowest BCUT2D eigenvalue weighted by Crippen LogP contribution is -2.49. The van der Waals surface area contributed by atoms with Crippen molar-refractivity contribution in [2.45, 2.75) is 59.4 Å². The fourth-order valence-corrected chi connectivity index (χ4v) is 4.59. The number of carbonyl (C=O) groups excluding carboxylic acids is 2. The zero-order chi connectivity index (χ0) is 24.4. The summed E-state index contributed by atoms with van der Waals surface area (Å²) in [5.74, 6) is -0.961.